The first kappa shape index (κ1) is 15.6. The second-order valence-electron chi connectivity index (χ2n) is 7.56. The van der Waals surface area contributed by atoms with Gasteiger partial charge in [-0.25, -0.2) is 0 Å². The third-order valence-corrected chi connectivity index (χ3v) is 4.52. The summed E-state index contributed by atoms with van der Waals surface area (Å²) in [5, 5.41) is 8.01. The van der Waals surface area contributed by atoms with E-state index >= 15 is 0 Å². The molecule has 3 heteroatoms. The average molecular weight is 277 g/mol. The minimum absolute atomic E-state index is 0.0804. The first-order valence-corrected chi connectivity index (χ1v) is 8.20. The molecule has 1 saturated carbocycles. The lowest BCUT2D eigenvalue weighted by molar-refractivity contribution is 0.275. The van der Waals surface area contributed by atoms with Crippen LogP contribution in [0.25, 0.3) is 0 Å². The van der Waals surface area contributed by atoms with Crippen molar-refractivity contribution in [2.75, 3.05) is 6.54 Å². The normalized spacial score (nSPS) is 24.0. The highest BCUT2D eigenvalue weighted by atomic mass is 15.3. The predicted octanol–water partition coefficient (Wildman–Crippen LogP) is 3.94. The molecule has 0 amide bonds. The van der Waals surface area contributed by atoms with E-state index in [2.05, 4.69) is 44.3 Å². The van der Waals surface area contributed by atoms with Crippen molar-refractivity contribution in [3.8, 4) is 0 Å². The molecule has 1 N–H and O–H groups in total. The van der Waals surface area contributed by atoms with Gasteiger partial charge >= 0.3 is 0 Å². The van der Waals surface area contributed by atoms with Crippen molar-refractivity contribution in [3.63, 3.8) is 0 Å². The summed E-state index contributed by atoms with van der Waals surface area (Å²) in [6, 6.07) is 0. The van der Waals surface area contributed by atoms with Crippen LogP contribution in [0.4, 0.5) is 0 Å². The standard InChI is InChI=1S/C17H31N3/c1-14-5-7-15(8-6-14)9-10-18-11-16-12-19-20(13-16)17(2,3)4/h12-15,18H,5-11H2,1-4H3. The summed E-state index contributed by atoms with van der Waals surface area (Å²) in [5.41, 5.74) is 1.37. The molecule has 114 valence electrons. The molecule has 1 aliphatic rings. The van der Waals surface area contributed by atoms with E-state index in [1.807, 2.05) is 10.9 Å². The molecule has 0 bridgehead atoms. The van der Waals surface area contributed by atoms with Gasteiger partial charge in [-0.05, 0) is 45.6 Å². The molecule has 0 aromatic carbocycles. The van der Waals surface area contributed by atoms with E-state index in [1.165, 1.54) is 37.7 Å². The molecule has 0 radical (unpaired) electrons. The number of rotatable bonds is 5. The highest BCUT2D eigenvalue weighted by Gasteiger charge is 2.17. The van der Waals surface area contributed by atoms with Gasteiger partial charge in [-0.15, -0.1) is 0 Å². The number of hydrogen-bond donors (Lipinski definition) is 1. The molecule has 1 aromatic heterocycles. The summed E-state index contributed by atoms with van der Waals surface area (Å²) in [6.45, 7) is 11.0. The Kier molecular flexibility index (Phi) is 5.25. The topological polar surface area (TPSA) is 29.9 Å². The van der Waals surface area contributed by atoms with Gasteiger partial charge in [-0.2, -0.15) is 5.10 Å². The molecular formula is C17H31N3. The minimum Gasteiger partial charge on any atom is -0.313 e. The summed E-state index contributed by atoms with van der Waals surface area (Å²) >= 11 is 0. The van der Waals surface area contributed by atoms with E-state index < -0.39 is 0 Å². The van der Waals surface area contributed by atoms with Crippen molar-refractivity contribution in [3.05, 3.63) is 18.0 Å². The quantitative estimate of drug-likeness (QED) is 0.826. The molecule has 1 aliphatic carbocycles. The Balaban J connectivity index is 1.65. The molecular weight excluding hydrogens is 246 g/mol. The van der Waals surface area contributed by atoms with Crippen LogP contribution < -0.4 is 5.32 Å². The molecule has 0 spiro atoms. The van der Waals surface area contributed by atoms with E-state index in [9.17, 15) is 0 Å². The van der Waals surface area contributed by atoms with E-state index in [0.717, 1.165) is 24.9 Å². The van der Waals surface area contributed by atoms with Gasteiger partial charge in [0, 0.05) is 18.3 Å². The van der Waals surface area contributed by atoms with Crippen LogP contribution in [0.15, 0.2) is 12.4 Å². The second-order valence-corrected chi connectivity index (χ2v) is 7.56. The van der Waals surface area contributed by atoms with E-state index in [0.29, 0.717) is 0 Å². The van der Waals surface area contributed by atoms with Gasteiger partial charge in [0.25, 0.3) is 0 Å². The fourth-order valence-electron chi connectivity index (χ4n) is 2.97. The van der Waals surface area contributed by atoms with E-state index in [4.69, 9.17) is 0 Å². The maximum atomic E-state index is 4.44. The Hall–Kier alpha value is -0.830. The van der Waals surface area contributed by atoms with Crippen LogP contribution in [-0.4, -0.2) is 16.3 Å². The maximum absolute atomic E-state index is 4.44. The Labute approximate surface area is 124 Å². The predicted molar refractivity (Wildman–Crippen MR) is 84.7 cm³/mol. The van der Waals surface area contributed by atoms with Gasteiger partial charge < -0.3 is 5.32 Å². The van der Waals surface area contributed by atoms with Crippen LogP contribution in [0.3, 0.4) is 0 Å². The molecule has 3 nitrogen and oxygen atoms in total. The Morgan fingerprint density at radius 2 is 1.95 bits per heavy atom. The highest BCUT2D eigenvalue weighted by Crippen LogP contribution is 2.29. The van der Waals surface area contributed by atoms with Gasteiger partial charge in [-0.3, -0.25) is 4.68 Å². The Morgan fingerprint density at radius 1 is 1.25 bits per heavy atom. The molecule has 1 heterocycles. The average Bonchev–Trinajstić information content (AvgIpc) is 2.85. The zero-order chi connectivity index (χ0) is 14.6. The third kappa shape index (κ3) is 4.62. The molecule has 0 unspecified atom stereocenters. The maximum Gasteiger partial charge on any atom is 0.0543 e. The lowest BCUT2D eigenvalue weighted by atomic mass is 9.81. The molecule has 20 heavy (non-hydrogen) atoms. The van der Waals surface area contributed by atoms with Gasteiger partial charge in [0.1, 0.15) is 0 Å². The molecule has 0 saturated heterocycles. The highest BCUT2D eigenvalue weighted by molar-refractivity contribution is 5.04. The zero-order valence-corrected chi connectivity index (χ0v) is 13.7. The lowest BCUT2D eigenvalue weighted by Crippen LogP contribution is -2.22. The summed E-state index contributed by atoms with van der Waals surface area (Å²) in [4.78, 5) is 0. The smallest absolute Gasteiger partial charge is 0.0543 e. The summed E-state index contributed by atoms with van der Waals surface area (Å²) < 4.78 is 2.05. The third-order valence-electron chi connectivity index (χ3n) is 4.52. The molecule has 0 aliphatic heterocycles. The molecule has 0 atom stereocenters. The van der Waals surface area contributed by atoms with Crippen LogP contribution in [0.1, 0.15) is 65.4 Å². The van der Waals surface area contributed by atoms with Crippen molar-refractivity contribution in [2.45, 2.75) is 71.9 Å². The van der Waals surface area contributed by atoms with Gasteiger partial charge in [0.2, 0.25) is 0 Å². The number of nitrogens with one attached hydrogen (secondary N) is 1. The SMILES string of the molecule is CC1CCC(CCNCc2cnn(C(C)(C)C)c2)CC1. The van der Waals surface area contributed by atoms with Gasteiger partial charge in [0.05, 0.1) is 11.7 Å². The summed E-state index contributed by atoms with van der Waals surface area (Å²) in [5.74, 6) is 1.92. The van der Waals surface area contributed by atoms with Crippen molar-refractivity contribution < 1.29 is 0 Å². The van der Waals surface area contributed by atoms with E-state index in [1.54, 1.807) is 0 Å². The molecule has 1 aromatic rings. The van der Waals surface area contributed by atoms with Gasteiger partial charge in [0.15, 0.2) is 0 Å². The van der Waals surface area contributed by atoms with Crippen LogP contribution >= 0.6 is 0 Å². The largest absolute Gasteiger partial charge is 0.313 e. The Bertz CT molecular complexity index is 395. The van der Waals surface area contributed by atoms with Crippen LogP contribution in [0, 0.1) is 11.8 Å². The van der Waals surface area contributed by atoms with Gasteiger partial charge in [-0.1, -0.05) is 32.6 Å². The number of nitrogens with zero attached hydrogens (tertiary/aromatic N) is 2. The monoisotopic (exact) mass is 277 g/mol. The minimum atomic E-state index is 0.0804. The number of hydrogen-bond acceptors (Lipinski definition) is 2. The van der Waals surface area contributed by atoms with Crippen LogP contribution in [-0.2, 0) is 12.1 Å². The fraction of sp³-hybridized carbons (Fsp3) is 0.824. The molecule has 2 rings (SSSR count). The van der Waals surface area contributed by atoms with Crippen LogP contribution in [0.2, 0.25) is 0 Å². The second kappa shape index (κ2) is 6.75. The van der Waals surface area contributed by atoms with Crippen LogP contribution in [0.5, 0.6) is 0 Å². The number of aromatic nitrogens is 2. The first-order chi connectivity index (χ1) is 9.45. The Morgan fingerprint density at radius 3 is 2.55 bits per heavy atom. The van der Waals surface area contributed by atoms with Crippen molar-refractivity contribution in [1.29, 1.82) is 0 Å². The molecule has 1 fully saturated rings. The van der Waals surface area contributed by atoms with Crippen molar-refractivity contribution in [2.24, 2.45) is 11.8 Å². The van der Waals surface area contributed by atoms with Crippen molar-refractivity contribution >= 4 is 0 Å². The first-order valence-electron chi connectivity index (χ1n) is 8.20. The van der Waals surface area contributed by atoms with Crippen molar-refractivity contribution in [1.82, 2.24) is 15.1 Å². The summed E-state index contributed by atoms with van der Waals surface area (Å²) in [7, 11) is 0. The lowest BCUT2D eigenvalue weighted by Gasteiger charge is -2.26. The fourth-order valence-corrected chi connectivity index (χ4v) is 2.97. The summed E-state index contributed by atoms with van der Waals surface area (Å²) in [6.07, 6.45) is 11.2. The zero-order valence-electron chi connectivity index (χ0n) is 13.7. The van der Waals surface area contributed by atoms with E-state index in [-0.39, 0.29) is 5.54 Å².